The predicted octanol–water partition coefficient (Wildman–Crippen LogP) is 3.18. The van der Waals surface area contributed by atoms with Gasteiger partial charge in [-0.1, -0.05) is 24.3 Å². The number of carbonyl (C=O) groups is 1. The van der Waals surface area contributed by atoms with Crippen LogP contribution in [-0.4, -0.2) is 32.6 Å². The average Bonchev–Trinajstić information content (AvgIpc) is 2.65. The summed E-state index contributed by atoms with van der Waals surface area (Å²) in [7, 11) is 3.42. The molecule has 0 atom stereocenters. The van der Waals surface area contributed by atoms with Crippen LogP contribution >= 0.6 is 24.0 Å². The molecule has 0 aliphatic carbocycles. The molecule has 0 bridgehead atoms. The van der Waals surface area contributed by atoms with E-state index in [9.17, 15) is 4.79 Å². The highest BCUT2D eigenvalue weighted by Crippen LogP contribution is 2.12. The SMILES string of the molecule is CN=C(NCCc1ccc(NC(C)=O)cc1)NCc1cccc(OC)c1.I. The van der Waals surface area contributed by atoms with Crippen LogP contribution in [0.5, 0.6) is 5.75 Å². The summed E-state index contributed by atoms with van der Waals surface area (Å²) in [6, 6.07) is 15.8. The summed E-state index contributed by atoms with van der Waals surface area (Å²) < 4.78 is 5.23. The van der Waals surface area contributed by atoms with E-state index < -0.39 is 0 Å². The number of aliphatic imine (C=N–C) groups is 1. The van der Waals surface area contributed by atoms with E-state index in [4.69, 9.17) is 4.74 Å². The number of halogens is 1. The lowest BCUT2D eigenvalue weighted by Crippen LogP contribution is -2.37. The number of hydrogen-bond acceptors (Lipinski definition) is 3. The highest BCUT2D eigenvalue weighted by molar-refractivity contribution is 14.0. The third-order valence-corrected chi connectivity index (χ3v) is 3.80. The number of nitrogens with one attached hydrogen (secondary N) is 3. The number of carbonyl (C=O) groups excluding carboxylic acids is 1. The first-order chi connectivity index (χ1) is 12.6. The largest absolute Gasteiger partial charge is 0.497 e. The summed E-state index contributed by atoms with van der Waals surface area (Å²) in [6.07, 6.45) is 0.861. The summed E-state index contributed by atoms with van der Waals surface area (Å²) in [5, 5.41) is 9.35. The zero-order valence-electron chi connectivity index (χ0n) is 15.9. The molecule has 0 unspecified atom stereocenters. The molecule has 1 amide bonds. The minimum atomic E-state index is -0.0645. The molecule has 0 saturated carbocycles. The van der Waals surface area contributed by atoms with Gasteiger partial charge < -0.3 is 20.7 Å². The first-order valence-corrected chi connectivity index (χ1v) is 8.54. The molecule has 0 aromatic heterocycles. The molecule has 2 aromatic carbocycles. The van der Waals surface area contributed by atoms with E-state index in [0.717, 1.165) is 35.9 Å². The standard InChI is InChI=1S/C20H26N4O2.HI/c1-15(25)24-18-9-7-16(8-10-18)11-12-22-20(21-2)23-14-17-5-4-6-19(13-17)26-3;/h4-10,13H,11-12,14H2,1-3H3,(H,24,25)(H2,21,22,23);1H. The molecule has 2 aromatic rings. The number of ether oxygens (including phenoxy) is 1. The van der Waals surface area contributed by atoms with Crippen molar-refractivity contribution >= 4 is 41.5 Å². The van der Waals surface area contributed by atoms with Crippen LogP contribution in [0, 0.1) is 0 Å². The second kappa shape index (κ2) is 12.2. The topological polar surface area (TPSA) is 74.8 Å². The molecule has 2 rings (SSSR count). The molecule has 7 heteroatoms. The lowest BCUT2D eigenvalue weighted by Gasteiger charge is -2.12. The smallest absolute Gasteiger partial charge is 0.221 e. The Balaban J connectivity index is 0.00000364. The number of guanidine groups is 1. The normalized spacial score (nSPS) is 10.6. The Labute approximate surface area is 177 Å². The number of methoxy groups -OCH3 is 1. The summed E-state index contributed by atoms with van der Waals surface area (Å²) in [5.74, 6) is 1.53. The molecular weight excluding hydrogens is 455 g/mol. The van der Waals surface area contributed by atoms with Gasteiger partial charge in [0, 0.05) is 32.7 Å². The van der Waals surface area contributed by atoms with Crippen molar-refractivity contribution < 1.29 is 9.53 Å². The molecular formula is C20H27IN4O2. The first kappa shape index (κ1) is 22.8. The summed E-state index contributed by atoms with van der Waals surface area (Å²) in [5.41, 5.74) is 3.13. The van der Waals surface area contributed by atoms with Gasteiger partial charge in [0.15, 0.2) is 5.96 Å². The monoisotopic (exact) mass is 482 g/mol. The van der Waals surface area contributed by atoms with Gasteiger partial charge >= 0.3 is 0 Å². The molecule has 0 saturated heterocycles. The van der Waals surface area contributed by atoms with Crippen LogP contribution in [-0.2, 0) is 17.8 Å². The first-order valence-electron chi connectivity index (χ1n) is 8.54. The van der Waals surface area contributed by atoms with E-state index in [1.807, 2.05) is 48.5 Å². The Morgan fingerprint density at radius 2 is 1.81 bits per heavy atom. The Hall–Kier alpha value is -2.29. The second-order valence-corrected chi connectivity index (χ2v) is 5.83. The van der Waals surface area contributed by atoms with Crippen molar-refractivity contribution in [2.75, 3.05) is 26.0 Å². The lowest BCUT2D eigenvalue weighted by molar-refractivity contribution is -0.114. The maximum Gasteiger partial charge on any atom is 0.221 e. The Bertz CT molecular complexity index is 748. The van der Waals surface area contributed by atoms with Gasteiger partial charge in [0.05, 0.1) is 7.11 Å². The highest BCUT2D eigenvalue weighted by Gasteiger charge is 2.01. The van der Waals surface area contributed by atoms with Gasteiger partial charge in [0.2, 0.25) is 5.91 Å². The van der Waals surface area contributed by atoms with Gasteiger partial charge in [-0.3, -0.25) is 9.79 Å². The molecule has 0 aliphatic rings. The van der Waals surface area contributed by atoms with E-state index in [1.165, 1.54) is 12.5 Å². The van der Waals surface area contributed by atoms with Crippen LogP contribution < -0.4 is 20.7 Å². The number of hydrogen-bond donors (Lipinski definition) is 3. The van der Waals surface area contributed by atoms with E-state index in [1.54, 1.807) is 14.2 Å². The highest BCUT2D eigenvalue weighted by atomic mass is 127. The van der Waals surface area contributed by atoms with Crippen molar-refractivity contribution in [1.29, 1.82) is 0 Å². The van der Waals surface area contributed by atoms with Gasteiger partial charge in [-0.25, -0.2) is 0 Å². The van der Waals surface area contributed by atoms with E-state index in [2.05, 4.69) is 20.9 Å². The average molecular weight is 482 g/mol. The zero-order valence-corrected chi connectivity index (χ0v) is 18.2. The van der Waals surface area contributed by atoms with Crippen LogP contribution in [0.3, 0.4) is 0 Å². The van der Waals surface area contributed by atoms with Gasteiger partial charge in [0.1, 0.15) is 5.75 Å². The van der Waals surface area contributed by atoms with E-state index >= 15 is 0 Å². The quantitative estimate of drug-likeness (QED) is 0.322. The lowest BCUT2D eigenvalue weighted by atomic mass is 10.1. The van der Waals surface area contributed by atoms with Crippen molar-refractivity contribution in [3.05, 3.63) is 59.7 Å². The van der Waals surface area contributed by atoms with Gasteiger partial charge in [-0.05, 0) is 41.8 Å². The fourth-order valence-electron chi connectivity index (χ4n) is 2.47. The number of anilines is 1. The fourth-order valence-corrected chi connectivity index (χ4v) is 2.47. The van der Waals surface area contributed by atoms with E-state index in [0.29, 0.717) is 6.54 Å². The molecule has 0 heterocycles. The van der Waals surface area contributed by atoms with E-state index in [-0.39, 0.29) is 29.9 Å². The molecule has 0 fully saturated rings. The summed E-state index contributed by atoms with van der Waals surface area (Å²) in [6.45, 7) is 2.93. The van der Waals surface area contributed by atoms with Gasteiger partial charge in [-0.2, -0.15) is 0 Å². The second-order valence-electron chi connectivity index (χ2n) is 5.83. The van der Waals surface area contributed by atoms with Crippen molar-refractivity contribution in [2.24, 2.45) is 4.99 Å². The summed E-state index contributed by atoms with van der Waals surface area (Å²) in [4.78, 5) is 15.3. The van der Waals surface area contributed by atoms with Crippen LogP contribution in [0.15, 0.2) is 53.5 Å². The molecule has 146 valence electrons. The molecule has 3 N–H and O–H groups in total. The Kier molecular flexibility index (Phi) is 10.2. The third kappa shape index (κ3) is 8.29. The molecule has 0 radical (unpaired) electrons. The van der Waals surface area contributed by atoms with Crippen LogP contribution in [0.1, 0.15) is 18.1 Å². The van der Waals surface area contributed by atoms with Crippen molar-refractivity contribution in [3.63, 3.8) is 0 Å². The zero-order chi connectivity index (χ0) is 18.8. The van der Waals surface area contributed by atoms with Crippen molar-refractivity contribution in [1.82, 2.24) is 10.6 Å². The molecule has 27 heavy (non-hydrogen) atoms. The van der Waals surface area contributed by atoms with Crippen molar-refractivity contribution in [2.45, 2.75) is 19.9 Å². The molecule has 0 spiro atoms. The van der Waals surface area contributed by atoms with Crippen LogP contribution in [0.4, 0.5) is 5.69 Å². The maximum absolute atomic E-state index is 11.0. The summed E-state index contributed by atoms with van der Waals surface area (Å²) >= 11 is 0. The van der Waals surface area contributed by atoms with Gasteiger partial charge in [-0.15, -0.1) is 24.0 Å². The third-order valence-electron chi connectivity index (χ3n) is 3.80. The Morgan fingerprint density at radius 3 is 2.44 bits per heavy atom. The molecule has 0 aliphatic heterocycles. The Morgan fingerprint density at radius 1 is 1.07 bits per heavy atom. The fraction of sp³-hybridized carbons (Fsp3) is 0.300. The maximum atomic E-state index is 11.0. The van der Waals surface area contributed by atoms with Crippen LogP contribution in [0.2, 0.25) is 0 Å². The number of rotatable bonds is 7. The minimum Gasteiger partial charge on any atom is -0.497 e. The van der Waals surface area contributed by atoms with Crippen LogP contribution in [0.25, 0.3) is 0 Å². The predicted molar refractivity (Wildman–Crippen MR) is 121 cm³/mol. The van der Waals surface area contributed by atoms with Crippen molar-refractivity contribution in [3.8, 4) is 5.75 Å². The number of nitrogens with zero attached hydrogens (tertiary/aromatic N) is 1. The van der Waals surface area contributed by atoms with Gasteiger partial charge in [0.25, 0.3) is 0 Å². The molecule has 6 nitrogen and oxygen atoms in total. The number of benzene rings is 2. The minimum absolute atomic E-state index is 0. The number of amides is 1.